The van der Waals surface area contributed by atoms with Crippen molar-refractivity contribution in [2.75, 3.05) is 0 Å². The lowest BCUT2D eigenvalue weighted by atomic mass is 10.2. The number of hydrogen-bond acceptors (Lipinski definition) is 2. The number of nitrogens with zero attached hydrogens (tertiary/aromatic N) is 1. The Morgan fingerprint density at radius 2 is 1.60 bits per heavy atom. The van der Waals surface area contributed by atoms with Crippen LogP contribution in [0.4, 0.5) is 0 Å². The summed E-state index contributed by atoms with van der Waals surface area (Å²) in [6.07, 6.45) is 0. The highest BCUT2D eigenvalue weighted by molar-refractivity contribution is 7.79. The van der Waals surface area contributed by atoms with E-state index in [9.17, 15) is 0 Å². The number of benzene rings is 1. The van der Waals surface area contributed by atoms with Crippen molar-refractivity contribution in [3.8, 4) is 6.07 Å². The molecule has 0 aliphatic carbocycles. The maximum atomic E-state index is 8.40. The molecule has 1 aromatic rings. The average molecular weight is 146 g/mol. The second-order valence-electron chi connectivity index (χ2n) is 1.79. The maximum absolute atomic E-state index is 8.40. The van der Waals surface area contributed by atoms with Crippen molar-refractivity contribution in [2.24, 2.45) is 0 Å². The van der Waals surface area contributed by atoms with Crippen LogP contribution in [0.25, 0.3) is 0 Å². The van der Waals surface area contributed by atoms with Gasteiger partial charge in [-0.2, -0.15) is 5.26 Å². The van der Waals surface area contributed by atoms with E-state index in [0.717, 1.165) is 5.56 Å². The van der Waals surface area contributed by atoms with E-state index in [1.54, 1.807) is 24.3 Å². The molecule has 2 heteroatoms. The van der Waals surface area contributed by atoms with E-state index in [-0.39, 0.29) is 0 Å². The van der Waals surface area contributed by atoms with Crippen molar-refractivity contribution in [3.05, 3.63) is 35.4 Å². The van der Waals surface area contributed by atoms with Gasteiger partial charge in [-0.25, -0.2) is 0 Å². The van der Waals surface area contributed by atoms with E-state index >= 15 is 0 Å². The van der Waals surface area contributed by atoms with Gasteiger partial charge in [0.15, 0.2) is 0 Å². The molecule has 0 N–H and O–H groups in total. The maximum Gasteiger partial charge on any atom is 0.0991 e. The Morgan fingerprint density at radius 3 is 2.00 bits per heavy atom. The lowest BCUT2D eigenvalue weighted by Crippen LogP contribution is -1.77. The molecule has 0 fully saturated rings. The quantitative estimate of drug-likeness (QED) is 0.564. The molecule has 1 rings (SSSR count). The fourth-order valence-corrected chi connectivity index (χ4v) is 0.749. The minimum Gasteiger partial charge on any atom is -0.192 e. The zero-order chi connectivity index (χ0) is 7.40. The normalized spacial score (nSPS) is 8.30. The Morgan fingerprint density at radius 1 is 1.10 bits per heavy atom. The highest BCUT2D eigenvalue weighted by atomic mass is 32.1. The summed E-state index contributed by atoms with van der Waals surface area (Å²) in [5.41, 5.74) is 1.49. The molecule has 0 aliphatic heterocycles. The minimum atomic E-state index is 0.647. The largest absolute Gasteiger partial charge is 0.192 e. The van der Waals surface area contributed by atoms with Gasteiger partial charge in [-0.3, -0.25) is 0 Å². The van der Waals surface area contributed by atoms with Crippen molar-refractivity contribution in [1.29, 1.82) is 5.26 Å². The monoisotopic (exact) mass is 146 g/mol. The first-order valence-electron chi connectivity index (χ1n) is 2.75. The summed E-state index contributed by atoms with van der Waals surface area (Å²) in [5.74, 6) is 0. The molecule has 0 bridgehead atoms. The van der Waals surface area contributed by atoms with Crippen LogP contribution >= 0.6 is 12.2 Å². The second-order valence-corrected chi connectivity index (χ2v) is 2.00. The Kier molecular flexibility index (Phi) is 2.14. The number of hydrogen-bond donors (Lipinski definition) is 0. The summed E-state index contributed by atoms with van der Waals surface area (Å²) in [5, 5.41) is 11.0. The molecule has 0 saturated heterocycles. The molecule has 0 heterocycles. The topological polar surface area (TPSA) is 23.8 Å². The third-order valence-electron chi connectivity index (χ3n) is 1.13. The van der Waals surface area contributed by atoms with Crippen LogP contribution in [0.2, 0.25) is 0 Å². The zero-order valence-electron chi connectivity index (χ0n) is 5.16. The van der Waals surface area contributed by atoms with Gasteiger partial charge in [0, 0.05) is 0 Å². The molecular weight excluding hydrogens is 142 g/mol. The first-order chi connectivity index (χ1) is 4.86. The molecule has 1 nitrogen and oxygen atoms in total. The molecule has 1 radical (unpaired) electrons. The van der Waals surface area contributed by atoms with Gasteiger partial charge in [-0.05, 0) is 17.7 Å². The van der Waals surface area contributed by atoms with Crippen LogP contribution in [-0.2, 0) is 0 Å². The Balaban J connectivity index is 3.04. The van der Waals surface area contributed by atoms with Gasteiger partial charge in [-0.15, -0.1) is 0 Å². The summed E-state index contributed by atoms with van der Waals surface area (Å²) in [6.45, 7) is 0. The molecule has 0 atom stereocenters. The number of nitriles is 1. The van der Waals surface area contributed by atoms with Crippen LogP contribution in [0, 0.1) is 11.3 Å². The predicted molar refractivity (Wildman–Crippen MR) is 42.9 cm³/mol. The summed E-state index contributed by atoms with van der Waals surface area (Å²) >= 11 is 4.57. The summed E-state index contributed by atoms with van der Waals surface area (Å²) in [4.78, 5) is 0. The average Bonchev–Trinajstić information content (AvgIpc) is 2.05. The lowest BCUT2D eigenvalue weighted by Gasteiger charge is -1.88. The van der Waals surface area contributed by atoms with Crippen molar-refractivity contribution in [2.45, 2.75) is 0 Å². The van der Waals surface area contributed by atoms with E-state index in [0.29, 0.717) is 5.56 Å². The van der Waals surface area contributed by atoms with Crippen molar-refractivity contribution in [1.82, 2.24) is 0 Å². The van der Waals surface area contributed by atoms with Crippen LogP contribution in [0.15, 0.2) is 24.3 Å². The molecule has 0 amide bonds. The molecule has 0 saturated carbocycles. The third kappa shape index (κ3) is 1.40. The molecule has 10 heavy (non-hydrogen) atoms. The zero-order valence-corrected chi connectivity index (χ0v) is 5.98. The van der Waals surface area contributed by atoms with Gasteiger partial charge < -0.3 is 0 Å². The van der Waals surface area contributed by atoms with Crippen LogP contribution in [0.3, 0.4) is 0 Å². The molecule has 0 unspecified atom stereocenters. The van der Waals surface area contributed by atoms with Gasteiger partial charge in [0.25, 0.3) is 0 Å². The van der Waals surface area contributed by atoms with E-state index in [1.165, 1.54) is 0 Å². The van der Waals surface area contributed by atoms with Crippen LogP contribution in [-0.4, -0.2) is 5.37 Å². The highest BCUT2D eigenvalue weighted by Crippen LogP contribution is 1.99. The van der Waals surface area contributed by atoms with Gasteiger partial charge in [0.05, 0.1) is 17.0 Å². The molecule has 1 aromatic carbocycles. The van der Waals surface area contributed by atoms with Gasteiger partial charge >= 0.3 is 0 Å². The Labute approximate surface area is 64.9 Å². The Bertz CT molecular complexity index is 268. The SMILES string of the molecule is N#Cc1ccc([C]=S)cc1. The van der Waals surface area contributed by atoms with Crippen molar-refractivity contribution >= 4 is 17.6 Å². The standard InChI is InChI=1S/C8H4NS/c9-5-7-1-3-8(6-10)4-2-7/h1-4H. The van der Waals surface area contributed by atoms with Crippen LogP contribution < -0.4 is 0 Å². The summed E-state index contributed by atoms with van der Waals surface area (Å²) in [6, 6.07) is 8.99. The van der Waals surface area contributed by atoms with E-state index in [1.807, 2.05) is 6.07 Å². The van der Waals surface area contributed by atoms with Crippen LogP contribution in [0.1, 0.15) is 11.1 Å². The predicted octanol–water partition coefficient (Wildman–Crippen LogP) is 1.78. The number of rotatable bonds is 1. The Hall–Kier alpha value is -1.20. The fraction of sp³-hybridized carbons (Fsp3) is 0. The third-order valence-corrected chi connectivity index (χ3v) is 1.37. The van der Waals surface area contributed by atoms with Gasteiger partial charge in [0.2, 0.25) is 0 Å². The first-order valence-corrected chi connectivity index (χ1v) is 3.16. The van der Waals surface area contributed by atoms with Crippen molar-refractivity contribution < 1.29 is 0 Å². The van der Waals surface area contributed by atoms with E-state index < -0.39 is 0 Å². The van der Waals surface area contributed by atoms with Crippen molar-refractivity contribution in [3.63, 3.8) is 0 Å². The molecule has 0 aliphatic rings. The fourth-order valence-electron chi connectivity index (χ4n) is 0.613. The molecule has 0 aromatic heterocycles. The van der Waals surface area contributed by atoms with Crippen LogP contribution in [0.5, 0.6) is 0 Å². The summed E-state index contributed by atoms with van der Waals surface area (Å²) in [7, 11) is 0. The lowest BCUT2D eigenvalue weighted by molar-refractivity contribution is 1.48. The van der Waals surface area contributed by atoms with E-state index in [2.05, 4.69) is 17.6 Å². The highest BCUT2D eigenvalue weighted by Gasteiger charge is 1.87. The number of thiocarbonyl (C=S) groups is 1. The van der Waals surface area contributed by atoms with Gasteiger partial charge in [0.1, 0.15) is 0 Å². The van der Waals surface area contributed by atoms with Gasteiger partial charge in [-0.1, -0.05) is 24.4 Å². The summed E-state index contributed by atoms with van der Waals surface area (Å²) < 4.78 is 0. The molecule has 47 valence electrons. The molecular formula is C8H4NS. The second kappa shape index (κ2) is 3.09. The smallest absolute Gasteiger partial charge is 0.0991 e. The minimum absolute atomic E-state index is 0.647. The molecule has 0 spiro atoms. The first kappa shape index (κ1) is 6.91. The van der Waals surface area contributed by atoms with E-state index in [4.69, 9.17) is 5.26 Å².